The van der Waals surface area contributed by atoms with Crippen LogP contribution in [0, 0.1) is 5.82 Å². The van der Waals surface area contributed by atoms with Crippen molar-refractivity contribution in [1.82, 2.24) is 0 Å². The summed E-state index contributed by atoms with van der Waals surface area (Å²) in [7, 11) is 0. The fourth-order valence-electron chi connectivity index (χ4n) is 2.15. The fourth-order valence-corrected chi connectivity index (χ4v) is 2.15. The summed E-state index contributed by atoms with van der Waals surface area (Å²) < 4.78 is 13.7. The van der Waals surface area contributed by atoms with Gasteiger partial charge >= 0.3 is 5.97 Å². The van der Waals surface area contributed by atoms with Gasteiger partial charge in [-0.05, 0) is 36.2 Å². The number of carbonyl (C=O) groups excluding carboxylic acids is 1. The predicted molar refractivity (Wildman–Crippen MR) is 81.2 cm³/mol. The number of amides is 1. The summed E-state index contributed by atoms with van der Waals surface area (Å²) in [5.74, 6) is -2.37. The highest BCUT2D eigenvalue weighted by molar-refractivity contribution is 5.95. The summed E-state index contributed by atoms with van der Waals surface area (Å²) in [5.41, 5.74) is 1.40. The molecule has 0 aliphatic carbocycles. The number of carbonyl (C=O) groups is 2. The lowest BCUT2D eigenvalue weighted by Crippen LogP contribution is -2.19. The molecule has 114 valence electrons. The lowest BCUT2D eigenvalue weighted by Gasteiger charge is -2.13. The van der Waals surface area contributed by atoms with E-state index in [2.05, 4.69) is 5.32 Å². The number of anilines is 1. The van der Waals surface area contributed by atoms with Gasteiger partial charge in [-0.1, -0.05) is 30.3 Å². The van der Waals surface area contributed by atoms with Gasteiger partial charge in [-0.2, -0.15) is 0 Å². The van der Waals surface area contributed by atoms with Crippen LogP contribution in [0.1, 0.15) is 24.0 Å². The molecular weight excluding hydrogens is 285 g/mol. The van der Waals surface area contributed by atoms with Crippen LogP contribution in [-0.2, 0) is 16.0 Å². The van der Waals surface area contributed by atoms with Crippen LogP contribution in [-0.4, -0.2) is 17.0 Å². The Hall–Kier alpha value is -2.69. The molecule has 0 fully saturated rings. The molecule has 22 heavy (non-hydrogen) atoms. The van der Waals surface area contributed by atoms with Gasteiger partial charge in [-0.15, -0.1) is 0 Å². The molecule has 2 aromatic carbocycles. The highest BCUT2D eigenvalue weighted by Crippen LogP contribution is 2.21. The van der Waals surface area contributed by atoms with Gasteiger partial charge in [-0.3, -0.25) is 9.59 Å². The van der Waals surface area contributed by atoms with Crippen molar-refractivity contribution in [3.05, 3.63) is 65.5 Å². The van der Waals surface area contributed by atoms with Crippen LogP contribution in [0.15, 0.2) is 48.5 Å². The molecule has 0 saturated carbocycles. The van der Waals surface area contributed by atoms with Gasteiger partial charge < -0.3 is 10.4 Å². The monoisotopic (exact) mass is 301 g/mol. The van der Waals surface area contributed by atoms with Gasteiger partial charge in [0.2, 0.25) is 5.91 Å². The normalized spacial score (nSPS) is 11.7. The molecular formula is C17H16FNO3. The number of benzene rings is 2. The fraction of sp³-hybridized carbons (Fsp3) is 0.176. The van der Waals surface area contributed by atoms with Crippen LogP contribution in [0.3, 0.4) is 0 Å². The molecule has 0 aliphatic rings. The number of aliphatic carboxylic acids is 1. The van der Waals surface area contributed by atoms with Crippen molar-refractivity contribution in [1.29, 1.82) is 0 Å². The van der Waals surface area contributed by atoms with E-state index >= 15 is 0 Å². The first kappa shape index (κ1) is 15.7. The number of nitrogens with one attached hydrogen (secondary N) is 1. The van der Waals surface area contributed by atoms with Crippen LogP contribution in [0.4, 0.5) is 10.1 Å². The van der Waals surface area contributed by atoms with Crippen molar-refractivity contribution in [2.45, 2.75) is 19.3 Å². The van der Waals surface area contributed by atoms with Crippen molar-refractivity contribution in [2.75, 3.05) is 5.32 Å². The molecule has 0 bridgehead atoms. The van der Waals surface area contributed by atoms with E-state index in [0.717, 1.165) is 0 Å². The molecule has 0 aromatic heterocycles. The molecule has 0 radical (unpaired) electrons. The lowest BCUT2D eigenvalue weighted by atomic mass is 9.99. The van der Waals surface area contributed by atoms with E-state index in [1.807, 2.05) is 0 Å². The van der Waals surface area contributed by atoms with Gasteiger partial charge in [0.25, 0.3) is 0 Å². The number of carboxylic acid groups (broad SMARTS) is 1. The Balaban J connectivity index is 2.12. The smallest absolute Gasteiger partial charge is 0.307 e. The number of halogens is 1. The number of hydrogen-bond donors (Lipinski definition) is 2. The van der Waals surface area contributed by atoms with Crippen molar-refractivity contribution < 1.29 is 19.1 Å². The third-order valence-electron chi connectivity index (χ3n) is 3.31. The molecule has 0 saturated heterocycles. The van der Waals surface area contributed by atoms with E-state index in [1.165, 1.54) is 6.07 Å². The molecule has 2 rings (SSSR count). The maximum Gasteiger partial charge on any atom is 0.307 e. The minimum Gasteiger partial charge on any atom is -0.481 e. The first-order valence-corrected chi connectivity index (χ1v) is 6.83. The van der Waals surface area contributed by atoms with Crippen molar-refractivity contribution in [3.8, 4) is 0 Å². The Morgan fingerprint density at radius 2 is 1.91 bits per heavy atom. The second-order valence-corrected chi connectivity index (χ2v) is 5.00. The van der Waals surface area contributed by atoms with Gasteiger partial charge in [0.15, 0.2) is 0 Å². The lowest BCUT2D eigenvalue weighted by molar-refractivity contribution is -0.136. The van der Waals surface area contributed by atoms with Crippen LogP contribution in [0.5, 0.6) is 0 Å². The summed E-state index contributed by atoms with van der Waals surface area (Å²) in [6.45, 7) is 1.62. The maximum atomic E-state index is 13.7. The summed E-state index contributed by atoms with van der Waals surface area (Å²) in [4.78, 5) is 22.9. The molecule has 0 aliphatic heterocycles. The summed E-state index contributed by atoms with van der Waals surface area (Å²) >= 11 is 0. The van der Waals surface area contributed by atoms with Gasteiger partial charge in [-0.25, -0.2) is 4.39 Å². The zero-order valence-corrected chi connectivity index (χ0v) is 12.0. The van der Waals surface area contributed by atoms with Crippen molar-refractivity contribution >= 4 is 17.6 Å². The van der Waals surface area contributed by atoms with Gasteiger partial charge in [0, 0.05) is 5.69 Å². The minimum atomic E-state index is -0.941. The quantitative estimate of drug-likeness (QED) is 0.891. The van der Waals surface area contributed by atoms with Crippen molar-refractivity contribution in [3.63, 3.8) is 0 Å². The second kappa shape index (κ2) is 6.85. The van der Waals surface area contributed by atoms with Gasteiger partial charge in [0.05, 0.1) is 12.3 Å². The van der Waals surface area contributed by atoms with E-state index in [9.17, 15) is 14.0 Å². The topological polar surface area (TPSA) is 66.4 Å². The second-order valence-electron chi connectivity index (χ2n) is 5.00. The Morgan fingerprint density at radius 1 is 1.18 bits per heavy atom. The Labute approximate surface area is 127 Å². The summed E-state index contributed by atoms with van der Waals surface area (Å²) in [5, 5.41) is 11.5. The standard InChI is InChI=1S/C17H16FNO3/c1-11(14-7-2-3-8-15(14)18)17(22)19-13-6-4-5-12(9-13)10-16(20)21/h2-9,11H,10H2,1H3,(H,19,22)(H,20,21)/t11-/m1/s1. The molecule has 0 spiro atoms. The number of rotatable bonds is 5. The van der Waals surface area contributed by atoms with Crippen LogP contribution in [0.2, 0.25) is 0 Å². The van der Waals surface area contributed by atoms with Crippen LogP contribution in [0.25, 0.3) is 0 Å². The molecule has 4 nitrogen and oxygen atoms in total. The molecule has 1 amide bonds. The summed E-state index contributed by atoms with van der Waals surface area (Å²) in [6.07, 6.45) is -0.118. The Morgan fingerprint density at radius 3 is 2.59 bits per heavy atom. The molecule has 5 heteroatoms. The van der Waals surface area contributed by atoms with Gasteiger partial charge in [0.1, 0.15) is 5.82 Å². The first-order chi connectivity index (χ1) is 10.5. The largest absolute Gasteiger partial charge is 0.481 e. The van der Waals surface area contributed by atoms with Crippen LogP contribution >= 0.6 is 0 Å². The molecule has 0 heterocycles. The van der Waals surface area contributed by atoms with E-state index < -0.39 is 17.7 Å². The predicted octanol–water partition coefficient (Wildman–Crippen LogP) is 3.20. The van der Waals surface area contributed by atoms with Crippen molar-refractivity contribution in [2.24, 2.45) is 0 Å². The Bertz CT molecular complexity index is 700. The molecule has 1 atom stereocenters. The van der Waals surface area contributed by atoms with E-state index in [0.29, 0.717) is 16.8 Å². The average Bonchev–Trinajstić information content (AvgIpc) is 2.46. The third kappa shape index (κ3) is 3.91. The molecule has 0 unspecified atom stereocenters. The first-order valence-electron chi connectivity index (χ1n) is 6.83. The van der Waals surface area contributed by atoms with E-state index in [1.54, 1.807) is 49.4 Å². The number of hydrogen-bond acceptors (Lipinski definition) is 2. The molecule has 2 aromatic rings. The molecule has 2 N–H and O–H groups in total. The summed E-state index contributed by atoms with van der Waals surface area (Å²) in [6, 6.07) is 12.7. The zero-order chi connectivity index (χ0) is 16.1. The highest BCUT2D eigenvalue weighted by Gasteiger charge is 2.18. The zero-order valence-electron chi connectivity index (χ0n) is 12.0. The highest BCUT2D eigenvalue weighted by atomic mass is 19.1. The van der Waals surface area contributed by atoms with E-state index in [-0.39, 0.29) is 12.3 Å². The minimum absolute atomic E-state index is 0.118. The van der Waals surface area contributed by atoms with Crippen LogP contribution < -0.4 is 5.32 Å². The SMILES string of the molecule is C[C@@H](C(=O)Nc1cccc(CC(=O)O)c1)c1ccccc1F. The maximum absolute atomic E-state index is 13.7. The third-order valence-corrected chi connectivity index (χ3v) is 3.31. The average molecular weight is 301 g/mol. The number of carboxylic acids is 1. The van der Waals surface area contributed by atoms with E-state index in [4.69, 9.17) is 5.11 Å². The Kier molecular flexibility index (Phi) is 4.88.